The van der Waals surface area contributed by atoms with Gasteiger partial charge in [-0.15, -0.1) is 0 Å². The summed E-state index contributed by atoms with van der Waals surface area (Å²) in [6.07, 6.45) is -0.0606. The molecule has 0 saturated carbocycles. The van der Waals surface area contributed by atoms with Gasteiger partial charge in [-0.1, -0.05) is 0 Å². The number of rotatable bonds is 6. The topological polar surface area (TPSA) is 93.7 Å². The fourth-order valence-electron chi connectivity index (χ4n) is 2.34. The van der Waals surface area contributed by atoms with E-state index in [9.17, 15) is 17.6 Å². The molecule has 1 heterocycles. The summed E-state index contributed by atoms with van der Waals surface area (Å²) in [4.78, 5) is 11.9. The summed E-state index contributed by atoms with van der Waals surface area (Å²) in [6, 6.07) is 9.46. The number of fused-ring (bicyclic) bond motifs is 1. The molecular formula is C17H17FN2O5S. The first-order valence-electron chi connectivity index (χ1n) is 7.89. The second-order valence-corrected chi connectivity index (χ2v) is 7.28. The second kappa shape index (κ2) is 7.71. The number of anilines is 1. The monoisotopic (exact) mass is 380 g/mol. The van der Waals surface area contributed by atoms with Crippen molar-refractivity contribution >= 4 is 21.6 Å². The Balaban J connectivity index is 1.52. The lowest BCUT2D eigenvalue weighted by Gasteiger charge is -2.19. The zero-order valence-corrected chi connectivity index (χ0v) is 14.5. The lowest BCUT2D eigenvalue weighted by atomic mass is 10.2. The molecule has 1 aliphatic heterocycles. The van der Waals surface area contributed by atoms with Crippen molar-refractivity contribution in [3.63, 3.8) is 0 Å². The minimum absolute atomic E-state index is 0.0606. The van der Waals surface area contributed by atoms with Gasteiger partial charge in [-0.05, 0) is 36.4 Å². The van der Waals surface area contributed by atoms with Crippen molar-refractivity contribution in [3.8, 4) is 11.5 Å². The van der Waals surface area contributed by atoms with Crippen molar-refractivity contribution in [2.45, 2.75) is 11.3 Å². The van der Waals surface area contributed by atoms with E-state index in [1.807, 2.05) is 0 Å². The van der Waals surface area contributed by atoms with E-state index in [4.69, 9.17) is 9.47 Å². The van der Waals surface area contributed by atoms with E-state index in [-0.39, 0.29) is 23.8 Å². The zero-order valence-electron chi connectivity index (χ0n) is 13.7. The van der Waals surface area contributed by atoms with Crippen molar-refractivity contribution < 1.29 is 27.1 Å². The number of sulfonamides is 1. The Morgan fingerprint density at radius 3 is 2.46 bits per heavy atom. The molecule has 0 bridgehead atoms. The van der Waals surface area contributed by atoms with E-state index in [2.05, 4.69) is 10.0 Å². The number of carbonyl (C=O) groups is 1. The summed E-state index contributed by atoms with van der Waals surface area (Å²) in [5.74, 6) is 0.276. The molecule has 0 aromatic heterocycles. The molecule has 2 N–H and O–H groups in total. The van der Waals surface area contributed by atoms with Crippen molar-refractivity contribution in [1.82, 2.24) is 4.72 Å². The Morgan fingerprint density at radius 2 is 1.73 bits per heavy atom. The molecule has 9 heteroatoms. The molecule has 0 unspecified atom stereocenters. The van der Waals surface area contributed by atoms with Crippen LogP contribution in [0, 0.1) is 5.82 Å². The fraction of sp³-hybridized carbons (Fsp3) is 0.235. The number of ether oxygens (including phenoxy) is 2. The molecule has 0 fully saturated rings. The van der Waals surface area contributed by atoms with Gasteiger partial charge in [0.15, 0.2) is 11.5 Å². The first-order valence-corrected chi connectivity index (χ1v) is 9.37. The minimum Gasteiger partial charge on any atom is -0.486 e. The van der Waals surface area contributed by atoms with Crippen LogP contribution in [-0.2, 0) is 14.8 Å². The highest BCUT2D eigenvalue weighted by Gasteiger charge is 2.15. The second-order valence-electron chi connectivity index (χ2n) is 5.51. The molecule has 2 aromatic rings. The predicted molar refractivity (Wildman–Crippen MR) is 92.3 cm³/mol. The normalized spacial score (nSPS) is 13.3. The van der Waals surface area contributed by atoms with Crippen LogP contribution in [0.25, 0.3) is 0 Å². The van der Waals surface area contributed by atoms with Crippen LogP contribution >= 0.6 is 0 Å². The van der Waals surface area contributed by atoms with Crippen molar-refractivity contribution in [2.75, 3.05) is 25.1 Å². The Labute approximate surface area is 150 Å². The largest absolute Gasteiger partial charge is 0.486 e. The third kappa shape index (κ3) is 4.50. The smallest absolute Gasteiger partial charge is 0.240 e. The standard InChI is InChI=1S/C17H17FN2O5S/c18-12-1-4-14(5-2-12)26(22,23)19-8-7-17(21)20-13-3-6-15-16(11-13)25-10-9-24-15/h1-6,11,19H,7-10H2,(H,20,21). The Bertz CT molecular complexity index is 900. The van der Waals surface area contributed by atoms with Gasteiger partial charge in [-0.25, -0.2) is 17.5 Å². The molecule has 0 saturated heterocycles. The van der Waals surface area contributed by atoms with Gasteiger partial charge in [0.05, 0.1) is 4.90 Å². The summed E-state index contributed by atoms with van der Waals surface area (Å²) < 4.78 is 50.1. The number of hydrogen-bond acceptors (Lipinski definition) is 5. The van der Waals surface area contributed by atoms with Crippen LogP contribution in [-0.4, -0.2) is 34.1 Å². The van der Waals surface area contributed by atoms with E-state index in [0.29, 0.717) is 30.4 Å². The molecule has 138 valence electrons. The van der Waals surface area contributed by atoms with Gasteiger partial charge in [0.25, 0.3) is 0 Å². The summed E-state index contributed by atoms with van der Waals surface area (Å²) >= 11 is 0. The maximum Gasteiger partial charge on any atom is 0.240 e. The molecule has 1 amide bonds. The van der Waals surface area contributed by atoms with Gasteiger partial charge >= 0.3 is 0 Å². The summed E-state index contributed by atoms with van der Waals surface area (Å²) in [5.41, 5.74) is 0.528. The maximum atomic E-state index is 12.9. The van der Waals surface area contributed by atoms with Gasteiger partial charge in [-0.2, -0.15) is 0 Å². The number of halogens is 1. The number of nitrogens with one attached hydrogen (secondary N) is 2. The Morgan fingerprint density at radius 1 is 1.04 bits per heavy atom. The van der Waals surface area contributed by atoms with Gasteiger partial charge in [0.1, 0.15) is 19.0 Å². The van der Waals surface area contributed by atoms with Gasteiger partial charge in [0, 0.05) is 24.7 Å². The number of carbonyl (C=O) groups excluding carboxylic acids is 1. The first kappa shape index (κ1) is 18.2. The van der Waals surface area contributed by atoms with Gasteiger partial charge in [-0.3, -0.25) is 4.79 Å². The summed E-state index contributed by atoms with van der Waals surface area (Å²) in [6.45, 7) is 0.832. The van der Waals surface area contributed by atoms with Gasteiger partial charge < -0.3 is 14.8 Å². The number of hydrogen-bond donors (Lipinski definition) is 2. The molecule has 0 aliphatic carbocycles. The summed E-state index contributed by atoms with van der Waals surface area (Å²) in [7, 11) is -3.79. The lowest BCUT2D eigenvalue weighted by molar-refractivity contribution is -0.116. The van der Waals surface area contributed by atoms with E-state index < -0.39 is 15.8 Å². The van der Waals surface area contributed by atoms with Crippen LogP contribution in [0.3, 0.4) is 0 Å². The quantitative estimate of drug-likeness (QED) is 0.798. The Hall–Kier alpha value is -2.65. The zero-order chi connectivity index (χ0) is 18.6. The van der Waals surface area contributed by atoms with Crippen LogP contribution in [0.4, 0.5) is 10.1 Å². The highest BCUT2D eigenvalue weighted by molar-refractivity contribution is 7.89. The van der Waals surface area contributed by atoms with Crippen LogP contribution in [0.15, 0.2) is 47.4 Å². The lowest BCUT2D eigenvalue weighted by Crippen LogP contribution is -2.27. The SMILES string of the molecule is O=C(CCNS(=O)(=O)c1ccc(F)cc1)Nc1ccc2c(c1)OCCO2. The molecule has 0 atom stereocenters. The Kier molecular flexibility index (Phi) is 5.38. The molecule has 3 rings (SSSR count). The van der Waals surface area contributed by atoms with Gasteiger partial charge in [0.2, 0.25) is 15.9 Å². The third-order valence-electron chi connectivity index (χ3n) is 3.59. The van der Waals surface area contributed by atoms with Crippen molar-refractivity contribution in [2.24, 2.45) is 0 Å². The molecule has 26 heavy (non-hydrogen) atoms. The average molecular weight is 380 g/mol. The molecular weight excluding hydrogens is 363 g/mol. The van der Waals surface area contributed by atoms with Crippen LogP contribution < -0.4 is 19.5 Å². The third-order valence-corrected chi connectivity index (χ3v) is 5.07. The highest BCUT2D eigenvalue weighted by atomic mass is 32.2. The number of benzene rings is 2. The van der Waals surface area contributed by atoms with E-state index in [1.54, 1.807) is 18.2 Å². The first-order chi connectivity index (χ1) is 12.4. The molecule has 7 nitrogen and oxygen atoms in total. The molecule has 0 radical (unpaired) electrons. The van der Waals surface area contributed by atoms with Crippen LogP contribution in [0.5, 0.6) is 11.5 Å². The maximum absolute atomic E-state index is 12.9. The van der Waals surface area contributed by atoms with E-state index in [0.717, 1.165) is 24.3 Å². The highest BCUT2D eigenvalue weighted by Crippen LogP contribution is 2.32. The summed E-state index contributed by atoms with van der Waals surface area (Å²) in [5, 5.41) is 2.67. The molecule has 0 spiro atoms. The van der Waals surface area contributed by atoms with E-state index >= 15 is 0 Å². The predicted octanol–water partition coefficient (Wildman–Crippen LogP) is 1.90. The fourth-order valence-corrected chi connectivity index (χ4v) is 3.37. The van der Waals surface area contributed by atoms with Crippen molar-refractivity contribution in [3.05, 3.63) is 48.3 Å². The average Bonchev–Trinajstić information content (AvgIpc) is 2.62. The van der Waals surface area contributed by atoms with Crippen LogP contribution in [0.1, 0.15) is 6.42 Å². The van der Waals surface area contributed by atoms with Crippen LogP contribution in [0.2, 0.25) is 0 Å². The molecule has 1 aliphatic rings. The number of amides is 1. The minimum atomic E-state index is -3.79. The molecule has 2 aromatic carbocycles. The van der Waals surface area contributed by atoms with Crippen molar-refractivity contribution in [1.29, 1.82) is 0 Å². The van der Waals surface area contributed by atoms with E-state index in [1.165, 1.54) is 0 Å².